The first kappa shape index (κ1) is 34.4. The zero-order chi connectivity index (χ0) is 35.1. The molecule has 0 saturated heterocycles. The van der Waals surface area contributed by atoms with E-state index in [1.165, 1.54) is 0 Å². The fourth-order valence-corrected chi connectivity index (χ4v) is 7.88. The monoisotopic (exact) mass is 706 g/mol. The van der Waals surface area contributed by atoms with Crippen LogP contribution in [0.4, 0.5) is 0 Å². The van der Waals surface area contributed by atoms with Crippen molar-refractivity contribution in [2.75, 3.05) is 0 Å². The lowest BCUT2D eigenvalue weighted by atomic mass is 10.1. The molecule has 0 aliphatic carbocycles. The molecule has 2 unspecified atom stereocenters. The molecule has 0 heterocycles. The lowest BCUT2D eigenvalue weighted by Gasteiger charge is -2.21. The van der Waals surface area contributed by atoms with Gasteiger partial charge in [0.05, 0.1) is 0 Å². The van der Waals surface area contributed by atoms with Crippen molar-refractivity contribution < 1.29 is 36.3 Å². The Morgan fingerprint density at radius 2 is 0.600 bits per heavy atom. The number of para-hydroxylation sites is 4. The van der Waals surface area contributed by atoms with E-state index < -0.39 is 15.6 Å². The molecule has 2 atom stereocenters. The summed E-state index contributed by atoms with van der Waals surface area (Å²) in [5.74, 6) is 2.15. The molecule has 0 saturated carbocycles. The molecule has 0 aliphatic rings. The minimum Gasteiger partial charge on any atom is -0.386 e. The van der Waals surface area contributed by atoms with Gasteiger partial charge in [0.2, 0.25) is 0 Å². The van der Waals surface area contributed by atoms with Crippen molar-refractivity contribution >= 4 is 15.6 Å². The van der Waals surface area contributed by atoms with Gasteiger partial charge < -0.3 is 27.1 Å². The highest BCUT2D eigenvalue weighted by Gasteiger charge is 2.35. The summed E-state index contributed by atoms with van der Waals surface area (Å²) in [5.41, 5.74) is 4.88. The minimum atomic E-state index is -4.18. The highest BCUT2D eigenvalue weighted by molar-refractivity contribution is 7.50. The van der Waals surface area contributed by atoms with Gasteiger partial charge in [-0.05, 0) is 110 Å². The van der Waals surface area contributed by atoms with Gasteiger partial charge in [-0.3, -0.25) is 0 Å². The van der Waals surface area contributed by atoms with E-state index >= 15 is 0 Å². The predicted octanol–water partition coefficient (Wildman–Crippen LogP) is 11.9. The van der Waals surface area contributed by atoms with E-state index in [0.717, 1.165) is 33.4 Å². The van der Waals surface area contributed by atoms with Gasteiger partial charge in [0.1, 0.15) is 34.5 Å². The van der Waals surface area contributed by atoms with Gasteiger partial charge in [-0.25, -0.2) is 0 Å². The number of phosphoric acid groups is 2. The number of hydrogen-bond acceptors (Lipinski definition) is 8. The van der Waals surface area contributed by atoms with Crippen molar-refractivity contribution in [2.24, 2.45) is 0 Å². The smallest absolute Gasteiger partial charge is 0.386 e. The van der Waals surface area contributed by atoms with Crippen LogP contribution in [0.5, 0.6) is 34.5 Å². The zero-order valence-electron chi connectivity index (χ0n) is 28.0. The molecule has 8 nitrogen and oxygen atoms in total. The van der Waals surface area contributed by atoms with Gasteiger partial charge in [0, 0.05) is 0 Å². The quantitative estimate of drug-likeness (QED) is 0.110. The van der Waals surface area contributed by atoms with Crippen molar-refractivity contribution in [1.82, 2.24) is 0 Å². The first-order valence-corrected chi connectivity index (χ1v) is 18.8. The third-order valence-electron chi connectivity index (χ3n) is 7.62. The molecule has 254 valence electrons. The van der Waals surface area contributed by atoms with Gasteiger partial charge in [0.15, 0.2) is 0 Å². The highest BCUT2D eigenvalue weighted by Crippen LogP contribution is 2.52. The lowest BCUT2D eigenvalue weighted by molar-refractivity contribution is 0.295. The Kier molecular flexibility index (Phi) is 10.3. The number of rotatable bonds is 13. The number of aryl methyl sites for hydroxylation is 4. The van der Waals surface area contributed by atoms with E-state index in [0.29, 0.717) is 34.5 Å². The second-order valence-electron chi connectivity index (χ2n) is 11.6. The summed E-state index contributed by atoms with van der Waals surface area (Å²) in [6, 6.07) is 42.8. The molecule has 50 heavy (non-hydrogen) atoms. The van der Waals surface area contributed by atoms with Crippen LogP contribution in [0.15, 0.2) is 146 Å². The van der Waals surface area contributed by atoms with Crippen LogP contribution < -0.4 is 27.1 Å². The Hall–Kier alpha value is -5.42. The van der Waals surface area contributed by atoms with E-state index in [4.69, 9.17) is 27.1 Å². The van der Waals surface area contributed by atoms with Crippen LogP contribution in [0.1, 0.15) is 22.3 Å². The molecule has 0 spiro atoms. The molecular formula is C40H36O8P2. The summed E-state index contributed by atoms with van der Waals surface area (Å²) in [4.78, 5) is 0. The fraction of sp³-hybridized carbons (Fsp3) is 0.100. The van der Waals surface area contributed by atoms with Crippen molar-refractivity contribution in [3.63, 3.8) is 0 Å². The van der Waals surface area contributed by atoms with Crippen molar-refractivity contribution in [2.45, 2.75) is 27.7 Å². The SMILES string of the molecule is Cc1cccc(C)c1OP(=O)(Oc1ccccc1)Oc1ccc(-c2ccc(OP(=O)(Oc3ccccc3)Oc3c(C)cccc3C)cc2)cc1. The molecule has 0 fully saturated rings. The maximum absolute atomic E-state index is 14.1. The topological polar surface area (TPSA) is 89.5 Å². The predicted molar refractivity (Wildman–Crippen MR) is 196 cm³/mol. The summed E-state index contributed by atoms with van der Waals surface area (Å²) in [6.45, 7) is 7.47. The summed E-state index contributed by atoms with van der Waals surface area (Å²) in [6.07, 6.45) is 0. The van der Waals surface area contributed by atoms with Gasteiger partial charge >= 0.3 is 15.6 Å². The van der Waals surface area contributed by atoms with Crippen LogP contribution in [0.25, 0.3) is 11.1 Å². The Morgan fingerprint density at radius 3 is 0.900 bits per heavy atom. The van der Waals surface area contributed by atoms with Crippen molar-refractivity contribution in [1.29, 1.82) is 0 Å². The van der Waals surface area contributed by atoms with Crippen molar-refractivity contribution in [3.8, 4) is 45.6 Å². The first-order valence-electron chi connectivity index (χ1n) is 15.9. The largest absolute Gasteiger partial charge is 0.647 e. The number of phosphoric ester groups is 2. The minimum absolute atomic E-state index is 0.293. The maximum Gasteiger partial charge on any atom is 0.647 e. The third kappa shape index (κ3) is 8.59. The average Bonchev–Trinajstić information content (AvgIpc) is 3.10. The molecule has 0 aromatic heterocycles. The molecule has 6 rings (SSSR count). The van der Waals surface area contributed by atoms with E-state index in [-0.39, 0.29) is 0 Å². The number of hydrogen-bond donors (Lipinski definition) is 0. The molecular weight excluding hydrogens is 670 g/mol. The highest BCUT2D eigenvalue weighted by atomic mass is 31.2. The summed E-state index contributed by atoms with van der Waals surface area (Å²) >= 11 is 0. The molecule has 0 bridgehead atoms. The molecule has 10 heteroatoms. The number of benzene rings is 6. The standard InChI is InChI=1S/C40H36O8P2/c1-29-13-11-14-30(2)39(29)47-49(41,43-35-17-7-5-8-18-35)45-37-25-21-33(22-26-37)34-23-27-38(28-24-34)46-50(42,44-36-19-9-6-10-20-36)48-40-31(3)15-12-16-32(40)4/h5-28H,1-4H3. The maximum atomic E-state index is 14.1. The Balaban J connectivity index is 1.20. The fourth-order valence-electron chi connectivity index (χ4n) is 5.12. The van der Waals surface area contributed by atoms with Crippen molar-refractivity contribution in [3.05, 3.63) is 168 Å². The molecule has 0 aliphatic heterocycles. The lowest BCUT2D eigenvalue weighted by Crippen LogP contribution is -2.09. The summed E-state index contributed by atoms with van der Waals surface area (Å²) in [5, 5.41) is 0. The van der Waals surface area contributed by atoms with E-state index in [1.807, 2.05) is 100 Å². The van der Waals surface area contributed by atoms with Crippen LogP contribution in [-0.2, 0) is 9.13 Å². The van der Waals surface area contributed by atoms with Crippen LogP contribution in [0.2, 0.25) is 0 Å². The van der Waals surface area contributed by atoms with Gasteiger partial charge in [0.25, 0.3) is 0 Å². The Bertz CT molecular complexity index is 1960. The Labute approximate surface area is 292 Å². The van der Waals surface area contributed by atoms with Gasteiger partial charge in [-0.2, -0.15) is 9.13 Å². The summed E-state index contributed by atoms with van der Waals surface area (Å²) < 4.78 is 63.6. The van der Waals surface area contributed by atoms with Crippen LogP contribution in [-0.4, -0.2) is 0 Å². The second-order valence-corrected chi connectivity index (χ2v) is 14.4. The average molecular weight is 707 g/mol. The zero-order valence-corrected chi connectivity index (χ0v) is 29.8. The molecule has 0 N–H and O–H groups in total. The molecule has 6 aromatic rings. The first-order chi connectivity index (χ1) is 24.1. The molecule has 6 aromatic carbocycles. The molecule has 0 radical (unpaired) electrons. The normalized spacial score (nSPS) is 13.3. The second kappa shape index (κ2) is 15.0. The summed E-state index contributed by atoms with van der Waals surface area (Å²) in [7, 11) is -8.35. The van der Waals surface area contributed by atoms with Crippen LogP contribution in [0.3, 0.4) is 0 Å². The van der Waals surface area contributed by atoms with Crippen LogP contribution >= 0.6 is 15.6 Å². The van der Waals surface area contributed by atoms with E-state index in [2.05, 4.69) is 0 Å². The van der Waals surface area contributed by atoms with E-state index in [9.17, 15) is 9.13 Å². The third-order valence-corrected chi connectivity index (χ3v) is 10.2. The molecule has 0 amide bonds. The van der Waals surface area contributed by atoms with Crippen LogP contribution in [0, 0.1) is 27.7 Å². The Morgan fingerprint density at radius 1 is 0.320 bits per heavy atom. The van der Waals surface area contributed by atoms with Gasteiger partial charge in [-0.15, -0.1) is 0 Å². The van der Waals surface area contributed by atoms with Gasteiger partial charge in [-0.1, -0.05) is 97.1 Å². The van der Waals surface area contributed by atoms with E-state index in [1.54, 1.807) is 72.8 Å².